The molecular weight excluding hydrogens is 218 g/mol. The minimum absolute atomic E-state index is 0.0670. The van der Waals surface area contributed by atoms with Gasteiger partial charge in [-0.25, -0.2) is 0 Å². The third-order valence-corrected chi connectivity index (χ3v) is 3.30. The van der Waals surface area contributed by atoms with Crippen LogP contribution in [0.25, 0.3) is 0 Å². The Kier molecular flexibility index (Phi) is 3.33. The zero-order chi connectivity index (χ0) is 12.4. The van der Waals surface area contributed by atoms with Crippen LogP contribution in [-0.4, -0.2) is 58.6 Å². The molecule has 6 heteroatoms. The van der Waals surface area contributed by atoms with Gasteiger partial charge in [-0.05, 0) is 13.5 Å². The second kappa shape index (κ2) is 4.75. The van der Waals surface area contributed by atoms with Gasteiger partial charge in [0.2, 0.25) is 0 Å². The number of aromatic nitrogens is 2. The van der Waals surface area contributed by atoms with Gasteiger partial charge in [-0.3, -0.25) is 9.89 Å². The molecule has 0 aliphatic carbocycles. The molecule has 1 aliphatic heterocycles. The van der Waals surface area contributed by atoms with E-state index in [0.717, 1.165) is 38.4 Å². The summed E-state index contributed by atoms with van der Waals surface area (Å²) in [5.41, 5.74) is 7.38. The molecule has 0 unspecified atom stereocenters. The van der Waals surface area contributed by atoms with Gasteiger partial charge in [-0.2, -0.15) is 5.10 Å². The molecule has 94 valence electrons. The zero-order valence-corrected chi connectivity index (χ0v) is 10.4. The number of carbonyl (C=O) groups is 1. The smallest absolute Gasteiger partial charge is 0.276 e. The first-order valence-electron chi connectivity index (χ1n) is 5.95. The number of nitrogens with two attached hydrogens (primary N) is 1. The third kappa shape index (κ3) is 2.26. The number of amides is 1. The number of nitrogen functional groups attached to an aromatic ring is 1. The van der Waals surface area contributed by atoms with E-state index in [-0.39, 0.29) is 5.91 Å². The molecule has 0 radical (unpaired) electrons. The number of likely N-dealkylation sites (N-methyl/N-ethyl adjacent to an activating group) is 1. The Hall–Kier alpha value is -1.56. The number of piperazine rings is 1. The first-order valence-corrected chi connectivity index (χ1v) is 5.95. The lowest BCUT2D eigenvalue weighted by Gasteiger charge is -2.33. The lowest BCUT2D eigenvalue weighted by atomic mass is 10.2. The highest BCUT2D eigenvalue weighted by Gasteiger charge is 2.25. The fourth-order valence-electron chi connectivity index (χ4n) is 2.02. The molecular formula is C11H19N5O. The van der Waals surface area contributed by atoms with Crippen LogP contribution >= 0.6 is 0 Å². The van der Waals surface area contributed by atoms with Gasteiger partial charge in [-0.1, -0.05) is 6.92 Å². The largest absolute Gasteiger partial charge is 0.395 e. The molecule has 1 saturated heterocycles. The second-order valence-electron chi connectivity index (χ2n) is 4.34. The zero-order valence-electron chi connectivity index (χ0n) is 10.4. The standard InChI is InChI=1S/C11H19N5O/c1-3-15-4-6-16(7-5-15)11(17)10-9(12)8(2)13-14-10/h3-7,12H2,1-2H3,(H,13,14). The molecule has 0 saturated carbocycles. The van der Waals surface area contributed by atoms with Gasteiger partial charge in [0.25, 0.3) is 5.91 Å². The Morgan fingerprint density at radius 3 is 2.53 bits per heavy atom. The van der Waals surface area contributed by atoms with Crippen LogP contribution in [0.5, 0.6) is 0 Å². The van der Waals surface area contributed by atoms with Crippen molar-refractivity contribution in [2.45, 2.75) is 13.8 Å². The highest BCUT2D eigenvalue weighted by molar-refractivity contribution is 5.97. The lowest BCUT2D eigenvalue weighted by Crippen LogP contribution is -2.48. The van der Waals surface area contributed by atoms with E-state index in [1.165, 1.54) is 0 Å². The first kappa shape index (κ1) is 11.9. The Bertz CT molecular complexity index is 406. The van der Waals surface area contributed by atoms with Crippen LogP contribution in [-0.2, 0) is 0 Å². The van der Waals surface area contributed by atoms with E-state index in [1.807, 2.05) is 11.8 Å². The number of hydrogen-bond donors (Lipinski definition) is 2. The second-order valence-corrected chi connectivity index (χ2v) is 4.34. The van der Waals surface area contributed by atoms with Crippen LogP contribution in [0, 0.1) is 6.92 Å². The van der Waals surface area contributed by atoms with Crippen molar-refractivity contribution < 1.29 is 4.79 Å². The summed E-state index contributed by atoms with van der Waals surface area (Å²) in [6.07, 6.45) is 0. The van der Waals surface area contributed by atoms with Crippen molar-refractivity contribution in [1.82, 2.24) is 20.0 Å². The Morgan fingerprint density at radius 2 is 2.06 bits per heavy atom. The number of H-pyrrole nitrogens is 1. The lowest BCUT2D eigenvalue weighted by molar-refractivity contribution is 0.0638. The van der Waals surface area contributed by atoms with Gasteiger partial charge in [0, 0.05) is 26.2 Å². The van der Waals surface area contributed by atoms with Crippen LogP contribution in [0.1, 0.15) is 23.1 Å². The predicted molar refractivity (Wildman–Crippen MR) is 65.8 cm³/mol. The van der Waals surface area contributed by atoms with E-state index in [0.29, 0.717) is 11.4 Å². The predicted octanol–water partition coefficient (Wildman–Crippen LogP) is 0.0780. The molecule has 1 aromatic heterocycles. The number of anilines is 1. The van der Waals surface area contributed by atoms with Crippen molar-refractivity contribution in [1.29, 1.82) is 0 Å². The van der Waals surface area contributed by atoms with Crippen molar-refractivity contribution >= 4 is 11.6 Å². The van der Waals surface area contributed by atoms with E-state index in [2.05, 4.69) is 22.0 Å². The Morgan fingerprint density at radius 1 is 1.41 bits per heavy atom. The van der Waals surface area contributed by atoms with Crippen molar-refractivity contribution in [2.24, 2.45) is 0 Å². The van der Waals surface area contributed by atoms with Crippen LogP contribution in [0.2, 0.25) is 0 Å². The number of aryl methyl sites for hydroxylation is 1. The van der Waals surface area contributed by atoms with Crippen LogP contribution < -0.4 is 5.73 Å². The van der Waals surface area contributed by atoms with E-state index in [9.17, 15) is 4.79 Å². The van der Waals surface area contributed by atoms with Crippen molar-refractivity contribution in [3.05, 3.63) is 11.4 Å². The SMILES string of the molecule is CCN1CCN(C(=O)c2n[nH]c(C)c2N)CC1. The minimum Gasteiger partial charge on any atom is -0.395 e. The van der Waals surface area contributed by atoms with E-state index in [1.54, 1.807) is 0 Å². The molecule has 3 N–H and O–H groups in total. The molecule has 1 amide bonds. The molecule has 1 fully saturated rings. The summed E-state index contributed by atoms with van der Waals surface area (Å²) in [5, 5.41) is 6.72. The van der Waals surface area contributed by atoms with Gasteiger partial charge in [0.1, 0.15) is 0 Å². The number of nitrogens with zero attached hydrogens (tertiary/aromatic N) is 3. The molecule has 0 atom stereocenters. The number of rotatable bonds is 2. The molecule has 0 bridgehead atoms. The molecule has 2 heterocycles. The number of aromatic amines is 1. The normalized spacial score (nSPS) is 17.4. The fourth-order valence-corrected chi connectivity index (χ4v) is 2.02. The average Bonchev–Trinajstić information content (AvgIpc) is 2.69. The summed E-state index contributed by atoms with van der Waals surface area (Å²) in [7, 11) is 0. The quantitative estimate of drug-likeness (QED) is 0.763. The topological polar surface area (TPSA) is 78.2 Å². The summed E-state index contributed by atoms with van der Waals surface area (Å²) in [6.45, 7) is 8.32. The Labute approximate surface area is 101 Å². The van der Waals surface area contributed by atoms with Gasteiger partial charge < -0.3 is 15.5 Å². The van der Waals surface area contributed by atoms with E-state index >= 15 is 0 Å². The summed E-state index contributed by atoms with van der Waals surface area (Å²) in [4.78, 5) is 16.3. The maximum Gasteiger partial charge on any atom is 0.276 e. The molecule has 2 rings (SSSR count). The van der Waals surface area contributed by atoms with Gasteiger partial charge in [0.15, 0.2) is 5.69 Å². The summed E-state index contributed by atoms with van der Waals surface area (Å²) in [6, 6.07) is 0. The molecule has 0 spiro atoms. The third-order valence-electron chi connectivity index (χ3n) is 3.30. The van der Waals surface area contributed by atoms with E-state index < -0.39 is 0 Å². The van der Waals surface area contributed by atoms with Gasteiger partial charge in [-0.15, -0.1) is 0 Å². The fraction of sp³-hybridized carbons (Fsp3) is 0.636. The average molecular weight is 237 g/mol. The monoisotopic (exact) mass is 237 g/mol. The summed E-state index contributed by atoms with van der Waals surface area (Å²) < 4.78 is 0. The van der Waals surface area contributed by atoms with Crippen molar-refractivity contribution in [3.8, 4) is 0 Å². The molecule has 1 aromatic rings. The molecule has 1 aliphatic rings. The van der Waals surface area contributed by atoms with E-state index in [4.69, 9.17) is 5.73 Å². The highest BCUT2D eigenvalue weighted by atomic mass is 16.2. The molecule has 17 heavy (non-hydrogen) atoms. The van der Waals surface area contributed by atoms with Crippen molar-refractivity contribution in [2.75, 3.05) is 38.5 Å². The van der Waals surface area contributed by atoms with Crippen LogP contribution in [0.4, 0.5) is 5.69 Å². The molecule has 0 aromatic carbocycles. The van der Waals surface area contributed by atoms with Crippen LogP contribution in [0.15, 0.2) is 0 Å². The summed E-state index contributed by atoms with van der Waals surface area (Å²) >= 11 is 0. The van der Waals surface area contributed by atoms with Gasteiger partial charge in [0.05, 0.1) is 11.4 Å². The maximum absolute atomic E-state index is 12.2. The Balaban J connectivity index is 2.04. The summed E-state index contributed by atoms with van der Waals surface area (Å²) in [5.74, 6) is -0.0670. The van der Waals surface area contributed by atoms with Crippen molar-refractivity contribution in [3.63, 3.8) is 0 Å². The molecule has 6 nitrogen and oxygen atoms in total. The first-order chi connectivity index (χ1) is 8.13. The number of nitrogens with one attached hydrogen (secondary N) is 1. The highest BCUT2D eigenvalue weighted by Crippen LogP contribution is 2.15. The number of carbonyl (C=O) groups excluding carboxylic acids is 1. The number of hydrogen-bond acceptors (Lipinski definition) is 4. The maximum atomic E-state index is 12.2. The van der Waals surface area contributed by atoms with Gasteiger partial charge >= 0.3 is 0 Å². The minimum atomic E-state index is -0.0670. The van der Waals surface area contributed by atoms with Crippen LogP contribution in [0.3, 0.4) is 0 Å².